The summed E-state index contributed by atoms with van der Waals surface area (Å²) in [6.45, 7) is 2.49. The topological polar surface area (TPSA) is 40.6 Å². The van der Waals surface area contributed by atoms with Crippen molar-refractivity contribution in [2.45, 2.75) is 0 Å². The SMILES string of the molecule is O=CN1CCN(C(=O)c2cc(Br)cs2)CC1. The van der Waals surface area contributed by atoms with Gasteiger partial charge in [0, 0.05) is 36.0 Å². The molecule has 86 valence electrons. The van der Waals surface area contributed by atoms with Gasteiger partial charge in [0.1, 0.15) is 0 Å². The van der Waals surface area contributed by atoms with Gasteiger partial charge in [-0.1, -0.05) is 0 Å². The Kier molecular flexibility index (Phi) is 3.60. The van der Waals surface area contributed by atoms with Crippen LogP contribution in [0.3, 0.4) is 0 Å². The predicted octanol–water partition coefficient (Wildman–Crippen LogP) is 1.42. The Morgan fingerprint density at radius 1 is 1.38 bits per heavy atom. The van der Waals surface area contributed by atoms with Crippen molar-refractivity contribution in [3.63, 3.8) is 0 Å². The predicted molar refractivity (Wildman–Crippen MR) is 65.6 cm³/mol. The standard InChI is InChI=1S/C10H11BrN2O2S/c11-8-5-9(16-6-8)10(15)13-3-1-12(7-14)2-4-13/h5-7H,1-4H2. The average Bonchev–Trinajstić information content (AvgIpc) is 2.75. The third kappa shape index (κ3) is 2.44. The van der Waals surface area contributed by atoms with Crippen LogP contribution < -0.4 is 0 Å². The fourth-order valence-electron chi connectivity index (χ4n) is 1.61. The molecule has 0 spiro atoms. The van der Waals surface area contributed by atoms with E-state index in [1.807, 2.05) is 11.4 Å². The molecule has 6 heteroatoms. The summed E-state index contributed by atoms with van der Waals surface area (Å²) < 4.78 is 0.937. The molecule has 1 saturated heterocycles. The average molecular weight is 303 g/mol. The zero-order chi connectivity index (χ0) is 11.5. The van der Waals surface area contributed by atoms with Gasteiger partial charge in [0.15, 0.2) is 0 Å². The first-order chi connectivity index (χ1) is 7.70. The molecule has 4 nitrogen and oxygen atoms in total. The van der Waals surface area contributed by atoms with Crippen LogP contribution in [0.4, 0.5) is 0 Å². The molecular formula is C10H11BrN2O2S. The smallest absolute Gasteiger partial charge is 0.264 e. The van der Waals surface area contributed by atoms with Gasteiger partial charge >= 0.3 is 0 Å². The minimum absolute atomic E-state index is 0.0567. The molecule has 1 fully saturated rings. The number of amides is 2. The molecule has 0 radical (unpaired) electrons. The fourth-order valence-corrected chi connectivity index (χ4v) is 3.00. The Labute approximate surface area is 106 Å². The second-order valence-corrected chi connectivity index (χ2v) is 5.39. The van der Waals surface area contributed by atoms with Crippen LogP contribution in [0.25, 0.3) is 0 Å². The lowest BCUT2D eigenvalue weighted by molar-refractivity contribution is -0.119. The van der Waals surface area contributed by atoms with Crippen LogP contribution in [-0.4, -0.2) is 48.3 Å². The molecule has 1 aromatic heterocycles. The summed E-state index contributed by atoms with van der Waals surface area (Å²) in [6, 6.07) is 1.83. The summed E-state index contributed by atoms with van der Waals surface area (Å²) in [5.74, 6) is 0.0567. The Morgan fingerprint density at radius 3 is 2.56 bits per heavy atom. The van der Waals surface area contributed by atoms with Crippen LogP contribution in [0, 0.1) is 0 Å². The molecule has 16 heavy (non-hydrogen) atoms. The highest BCUT2D eigenvalue weighted by Gasteiger charge is 2.22. The van der Waals surface area contributed by atoms with Crippen molar-refractivity contribution < 1.29 is 9.59 Å². The lowest BCUT2D eigenvalue weighted by Gasteiger charge is -2.32. The van der Waals surface area contributed by atoms with Crippen LogP contribution in [0.15, 0.2) is 15.9 Å². The zero-order valence-electron chi connectivity index (χ0n) is 8.56. The van der Waals surface area contributed by atoms with Gasteiger partial charge in [0.25, 0.3) is 5.91 Å². The number of nitrogens with zero attached hydrogens (tertiary/aromatic N) is 2. The third-order valence-electron chi connectivity index (χ3n) is 2.53. The normalized spacial score (nSPS) is 16.3. The van der Waals surface area contributed by atoms with E-state index in [9.17, 15) is 9.59 Å². The molecule has 0 atom stereocenters. The van der Waals surface area contributed by atoms with Gasteiger partial charge in [-0.2, -0.15) is 0 Å². The Balaban J connectivity index is 1.99. The molecule has 0 aliphatic carbocycles. The maximum atomic E-state index is 12.0. The summed E-state index contributed by atoms with van der Waals surface area (Å²) in [7, 11) is 0. The number of rotatable bonds is 2. The zero-order valence-corrected chi connectivity index (χ0v) is 11.0. The molecule has 0 saturated carbocycles. The summed E-state index contributed by atoms with van der Waals surface area (Å²) in [4.78, 5) is 26.8. The highest BCUT2D eigenvalue weighted by molar-refractivity contribution is 9.10. The van der Waals surface area contributed by atoms with Crippen LogP contribution in [0.2, 0.25) is 0 Å². The molecule has 2 heterocycles. The van der Waals surface area contributed by atoms with Crippen molar-refractivity contribution in [2.75, 3.05) is 26.2 Å². The molecule has 0 unspecified atom stereocenters. The van der Waals surface area contributed by atoms with Gasteiger partial charge in [0.2, 0.25) is 6.41 Å². The largest absolute Gasteiger partial charge is 0.342 e. The maximum Gasteiger partial charge on any atom is 0.264 e. The van der Waals surface area contributed by atoms with Gasteiger partial charge in [-0.05, 0) is 22.0 Å². The summed E-state index contributed by atoms with van der Waals surface area (Å²) in [5, 5.41) is 1.90. The third-order valence-corrected chi connectivity index (χ3v) is 4.21. The van der Waals surface area contributed by atoms with Crippen molar-refractivity contribution >= 4 is 39.6 Å². The van der Waals surface area contributed by atoms with E-state index >= 15 is 0 Å². The van der Waals surface area contributed by atoms with E-state index < -0.39 is 0 Å². The van der Waals surface area contributed by atoms with E-state index in [1.54, 1.807) is 9.80 Å². The van der Waals surface area contributed by atoms with Crippen molar-refractivity contribution in [1.82, 2.24) is 9.80 Å². The van der Waals surface area contributed by atoms with Gasteiger partial charge in [-0.3, -0.25) is 9.59 Å². The lowest BCUT2D eigenvalue weighted by Crippen LogP contribution is -2.47. The van der Waals surface area contributed by atoms with Crippen LogP contribution in [0.1, 0.15) is 9.67 Å². The Bertz CT molecular complexity index is 399. The summed E-state index contributed by atoms with van der Waals surface area (Å²) in [5.41, 5.74) is 0. The van der Waals surface area contributed by atoms with Crippen LogP contribution in [-0.2, 0) is 4.79 Å². The van der Waals surface area contributed by atoms with Crippen molar-refractivity contribution in [1.29, 1.82) is 0 Å². The quantitative estimate of drug-likeness (QED) is 0.776. The minimum atomic E-state index is 0.0567. The highest BCUT2D eigenvalue weighted by Crippen LogP contribution is 2.21. The summed E-state index contributed by atoms with van der Waals surface area (Å²) in [6.07, 6.45) is 0.837. The number of halogens is 1. The van der Waals surface area contributed by atoms with Gasteiger partial charge < -0.3 is 9.80 Å². The van der Waals surface area contributed by atoms with Crippen molar-refractivity contribution in [3.05, 3.63) is 20.8 Å². The minimum Gasteiger partial charge on any atom is -0.342 e. The fraction of sp³-hybridized carbons (Fsp3) is 0.400. The first kappa shape index (κ1) is 11.6. The van der Waals surface area contributed by atoms with Gasteiger partial charge in [-0.15, -0.1) is 11.3 Å². The molecule has 0 N–H and O–H groups in total. The number of piperazine rings is 1. The number of carbonyl (C=O) groups excluding carboxylic acids is 2. The number of thiophene rings is 1. The number of hydrogen-bond donors (Lipinski definition) is 0. The van der Waals surface area contributed by atoms with Crippen LogP contribution >= 0.6 is 27.3 Å². The molecule has 1 aromatic rings. The Hall–Kier alpha value is -0.880. The van der Waals surface area contributed by atoms with Gasteiger partial charge in [-0.25, -0.2) is 0 Å². The van der Waals surface area contributed by atoms with E-state index in [0.717, 1.165) is 15.8 Å². The second-order valence-electron chi connectivity index (χ2n) is 3.56. The molecule has 2 amide bonds. The van der Waals surface area contributed by atoms with E-state index in [-0.39, 0.29) is 5.91 Å². The van der Waals surface area contributed by atoms with E-state index in [4.69, 9.17) is 0 Å². The maximum absolute atomic E-state index is 12.0. The number of carbonyl (C=O) groups is 2. The number of hydrogen-bond acceptors (Lipinski definition) is 3. The van der Waals surface area contributed by atoms with Crippen molar-refractivity contribution in [3.8, 4) is 0 Å². The van der Waals surface area contributed by atoms with E-state index in [1.165, 1.54) is 11.3 Å². The summed E-state index contributed by atoms with van der Waals surface area (Å²) >= 11 is 4.77. The molecule has 2 rings (SSSR count). The Morgan fingerprint density at radius 2 is 2.06 bits per heavy atom. The highest BCUT2D eigenvalue weighted by atomic mass is 79.9. The van der Waals surface area contributed by atoms with Crippen molar-refractivity contribution in [2.24, 2.45) is 0 Å². The first-order valence-electron chi connectivity index (χ1n) is 4.93. The molecule has 0 aromatic carbocycles. The molecule has 1 aliphatic rings. The molecule has 0 bridgehead atoms. The van der Waals surface area contributed by atoms with E-state index in [0.29, 0.717) is 26.2 Å². The lowest BCUT2D eigenvalue weighted by atomic mass is 10.3. The molecular weight excluding hydrogens is 292 g/mol. The van der Waals surface area contributed by atoms with Crippen LogP contribution in [0.5, 0.6) is 0 Å². The van der Waals surface area contributed by atoms with E-state index in [2.05, 4.69) is 15.9 Å². The van der Waals surface area contributed by atoms with Gasteiger partial charge in [0.05, 0.1) is 4.88 Å². The monoisotopic (exact) mass is 302 g/mol. The molecule has 1 aliphatic heterocycles. The second kappa shape index (κ2) is 4.97. The first-order valence-corrected chi connectivity index (χ1v) is 6.60.